The van der Waals surface area contributed by atoms with Gasteiger partial charge in [0.2, 0.25) is 0 Å². The minimum atomic E-state index is 0.390. The summed E-state index contributed by atoms with van der Waals surface area (Å²) in [5.41, 5.74) is 5.72. The number of piperazine rings is 1. The van der Waals surface area contributed by atoms with E-state index in [4.69, 9.17) is 4.98 Å². The van der Waals surface area contributed by atoms with Gasteiger partial charge in [-0.3, -0.25) is 4.90 Å². The van der Waals surface area contributed by atoms with E-state index >= 15 is 0 Å². The molecule has 0 bridgehead atoms. The van der Waals surface area contributed by atoms with Crippen LogP contribution in [-0.4, -0.2) is 39.1 Å². The van der Waals surface area contributed by atoms with Gasteiger partial charge in [-0.2, -0.15) is 5.10 Å². The molecule has 5 nitrogen and oxygen atoms in total. The second-order valence-electron chi connectivity index (χ2n) is 6.55. The van der Waals surface area contributed by atoms with Crippen molar-refractivity contribution in [3.63, 3.8) is 0 Å². The Labute approximate surface area is 142 Å². The maximum absolute atomic E-state index is 4.72. The van der Waals surface area contributed by atoms with Crippen LogP contribution in [0.3, 0.4) is 0 Å². The van der Waals surface area contributed by atoms with Gasteiger partial charge in [0, 0.05) is 49.2 Å². The van der Waals surface area contributed by atoms with E-state index in [2.05, 4.69) is 58.6 Å². The Bertz CT molecular complexity index is 840. The van der Waals surface area contributed by atoms with Gasteiger partial charge < -0.3 is 5.32 Å². The van der Waals surface area contributed by atoms with E-state index in [0.29, 0.717) is 6.04 Å². The number of hydrogen-bond acceptors (Lipinski definition) is 4. The highest BCUT2D eigenvalue weighted by atomic mass is 15.3. The summed E-state index contributed by atoms with van der Waals surface area (Å²) >= 11 is 0. The fraction of sp³-hybridized carbons (Fsp3) is 0.368. The SMILES string of the molecule is Cc1cc(C)n2ncc(CN3CCNC[C@@H]3c3ccccc3)c2n1. The molecule has 3 aromatic rings. The van der Waals surface area contributed by atoms with Gasteiger partial charge in [-0.1, -0.05) is 30.3 Å². The van der Waals surface area contributed by atoms with Crippen LogP contribution in [-0.2, 0) is 6.54 Å². The van der Waals surface area contributed by atoms with Gasteiger partial charge in [0.25, 0.3) is 0 Å². The lowest BCUT2D eigenvalue weighted by Gasteiger charge is -2.36. The summed E-state index contributed by atoms with van der Waals surface area (Å²) in [7, 11) is 0. The third-order valence-corrected chi connectivity index (χ3v) is 4.76. The third kappa shape index (κ3) is 2.81. The molecule has 0 unspecified atom stereocenters. The molecule has 0 saturated carbocycles. The van der Waals surface area contributed by atoms with Crippen LogP contribution in [0.5, 0.6) is 0 Å². The quantitative estimate of drug-likeness (QED) is 0.805. The highest BCUT2D eigenvalue weighted by Gasteiger charge is 2.24. The van der Waals surface area contributed by atoms with Crippen LogP contribution >= 0.6 is 0 Å². The number of aryl methyl sites for hydroxylation is 2. The topological polar surface area (TPSA) is 45.5 Å². The van der Waals surface area contributed by atoms with Crippen molar-refractivity contribution in [1.29, 1.82) is 0 Å². The molecule has 0 spiro atoms. The molecule has 0 amide bonds. The first-order chi connectivity index (χ1) is 11.7. The summed E-state index contributed by atoms with van der Waals surface area (Å²) in [4.78, 5) is 7.25. The second kappa shape index (κ2) is 6.34. The number of nitrogens with one attached hydrogen (secondary N) is 1. The Morgan fingerprint density at radius 2 is 2.04 bits per heavy atom. The summed E-state index contributed by atoms with van der Waals surface area (Å²) in [6.45, 7) is 8.03. The van der Waals surface area contributed by atoms with E-state index in [0.717, 1.165) is 43.2 Å². The molecule has 124 valence electrons. The van der Waals surface area contributed by atoms with Crippen molar-refractivity contribution in [3.05, 3.63) is 65.1 Å². The van der Waals surface area contributed by atoms with Crippen LogP contribution in [0.2, 0.25) is 0 Å². The maximum atomic E-state index is 4.72. The zero-order chi connectivity index (χ0) is 16.5. The predicted molar refractivity (Wildman–Crippen MR) is 94.9 cm³/mol. The van der Waals surface area contributed by atoms with Crippen LogP contribution in [0.4, 0.5) is 0 Å². The van der Waals surface area contributed by atoms with Gasteiger partial charge in [0.05, 0.1) is 6.20 Å². The molecule has 2 aromatic heterocycles. The largest absolute Gasteiger partial charge is 0.314 e. The van der Waals surface area contributed by atoms with E-state index in [9.17, 15) is 0 Å². The molecular formula is C19H23N5. The van der Waals surface area contributed by atoms with Gasteiger partial charge in [0.1, 0.15) is 0 Å². The smallest absolute Gasteiger partial charge is 0.159 e. The molecule has 1 aliphatic heterocycles. The normalized spacial score (nSPS) is 19.0. The Kier molecular flexibility index (Phi) is 4.04. The van der Waals surface area contributed by atoms with Crippen molar-refractivity contribution in [3.8, 4) is 0 Å². The molecule has 24 heavy (non-hydrogen) atoms. The van der Waals surface area contributed by atoms with E-state index in [-0.39, 0.29) is 0 Å². The van der Waals surface area contributed by atoms with Crippen LogP contribution in [0.1, 0.15) is 28.6 Å². The van der Waals surface area contributed by atoms with Crippen molar-refractivity contribution in [2.24, 2.45) is 0 Å². The average molecular weight is 321 g/mol. The number of fused-ring (bicyclic) bond motifs is 1. The number of aromatic nitrogens is 3. The standard InChI is InChI=1S/C19H23N5/c1-14-10-15(2)24-19(22-14)17(11-21-24)13-23-9-8-20-12-18(23)16-6-4-3-5-7-16/h3-7,10-11,18,20H,8-9,12-13H2,1-2H3/t18-/m1/s1. The molecule has 1 N–H and O–H groups in total. The number of nitrogens with zero attached hydrogens (tertiary/aromatic N) is 4. The Balaban J connectivity index is 1.66. The molecule has 1 aliphatic rings. The second-order valence-corrected chi connectivity index (χ2v) is 6.55. The summed E-state index contributed by atoms with van der Waals surface area (Å²) < 4.78 is 1.95. The monoisotopic (exact) mass is 321 g/mol. The first kappa shape index (κ1) is 15.3. The van der Waals surface area contributed by atoms with E-state index in [1.54, 1.807) is 0 Å². The first-order valence-corrected chi connectivity index (χ1v) is 8.53. The minimum absolute atomic E-state index is 0.390. The third-order valence-electron chi connectivity index (χ3n) is 4.76. The van der Waals surface area contributed by atoms with Gasteiger partial charge in [-0.25, -0.2) is 9.50 Å². The molecule has 1 aromatic carbocycles. The fourth-order valence-corrected chi connectivity index (χ4v) is 3.59. The van der Waals surface area contributed by atoms with Crippen LogP contribution in [0.15, 0.2) is 42.6 Å². The fourth-order valence-electron chi connectivity index (χ4n) is 3.59. The van der Waals surface area contributed by atoms with Gasteiger partial charge in [0.15, 0.2) is 5.65 Å². The summed E-state index contributed by atoms with van der Waals surface area (Å²) in [6.07, 6.45) is 1.97. The van der Waals surface area contributed by atoms with E-state index in [1.165, 1.54) is 11.1 Å². The average Bonchev–Trinajstić information content (AvgIpc) is 2.99. The molecule has 3 heterocycles. The highest BCUT2D eigenvalue weighted by Crippen LogP contribution is 2.25. The molecular weight excluding hydrogens is 298 g/mol. The van der Waals surface area contributed by atoms with Crippen LogP contribution in [0.25, 0.3) is 5.65 Å². The highest BCUT2D eigenvalue weighted by molar-refractivity contribution is 5.48. The van der Waals surface area contributed by atoms with Crippen molar-refractivity contribution < 1.29 is 0 Å². The summed E-state index contributed by atoms with van der Waals surface area (Å²) in [5.74, 6) is 0. The number of benzene rings is 1. The Hall–Kier alpha value is -2.24. The maximum Gasteiger partial charge on any atom is 0.159 e. The van der Waals surface area contributed by atoms with Crippen LogP contribution in [0, 0.1) is 13.8 Å². The predicted octanol–water partition coefficient (Wildman–Crippen LogP) is 2.49. The Morgan fingerprint density at radius 3 is 2.88 bits per heavy atom. The van der Waals surface area contributed by atoms with Crippen molar-refractivity contribution in [2.75, 3.05) is 19.6 Å². The molecule has 1 saturated heterocycles. The molecule has 1 atom stereocenters. The molecule has 5 heteroatoms. The van der Waals surface area contributed by atoms with E-state index < -0.39 is 0 Å². The lowest BCUT2D eigenvalue weighted by Crippen LogP contribution is -2.45. The van der Waals surface area contributed by atoms with Crippen molar-refractivity contribution in [2.45, 2.75) is 26.4 Å². The summed E-state index contributed by atoms with van der Waals surface area (Å²) in [6, 6.07) is 13.2. The molecule has 4 rings (SSSR count). The van der Waals surface area contributed by atoms with Crippen molar-refractivity contribution >= 4 is 5.65 Å². The lowest BCUT2D eigenvalue weighted by molar-refractivity contribution is 0.154. The minimum Gasteiger partial charge on any atom is -0.314 e. The first-order valence-electron chi connectivity index (χ1n) is 8.53. The zero-order valence-electron chi connectivity index (χ0n) is 14.2. The zero-order valence-corrected chi connectivity index (χ0v) is 14.2. The van der Waals surface area contributed by atoms with Crippen molar-refractivity contribution in [1.82, 2.24) is 24.8 Å². The lowest BCUT2D eigenvalue weighted by atomic mass is 10.0. The summed E-state index contributed by atoms with van der Waals surface area (Å²) in [5, 5.41) is 8.05. The molecule has 0 radical (unpaired) electrons. The number of rotatable bonds is 3. The van der Waals surface area contributed by atoms with E-state index in [1.807, 2.05) is 17.6 Å². The Morgan fingerprint density at radius 1 is 1.21 bits per heavy atom. The number of hydrogen-bond donors (Lipinski definition) is 1. The van der Waals surface area contributed by atoms with Gasteiger partial charge in [-0.05, 0) is 25.5 Å². The molecule has 1 fully saturated rings. The molecule has 0 aliphatic carbocycles. The van der Waals surface area contributed by atoms with Gasteiger partial charge >= 0.3 is 0 Å². The van der Waals surface area contributed by atoms with Gasteiger partial charge in [-0.15, -0.1) is 0 Å². The van der Waals surface area contributed by atoms with Crippen LogP contribution < -0.4 is 5.32 Å².